The second-order valence-electron chi connectivity index (χ2n) is 14.2. The Morgan fingerprint density at radius 1 is 0.559 bits per heavy atom. The number of hydrogen-bond acceptors (Lipinski definition) is 24. The molecule has 4 rings (SSSR count). The van der Waals surface area contributed by atoms with Crippen molar-refractivity contribution in [1.82, 2.24) is 21.3 Å². The fraction of sp³-hybridized carbons (Fsp3) is 0.903. The number of carbonyl (C=O) groups is 3. The van der Waals surface area contributed by atoms with Gasteiger partial charge in [0.25, 0.3) is 0 Å². The van der Waals surface area contributed by atoms with Crippen LogP contribution in [0.15, 0.2) is 0 Å². The number of amides is 3. The van der Waals surface area contributed by atoms with Crippen molar-refractivity contribution in [3.05, 3.63) is 0 Å². The SMILES string of the molecule is CN[C@H]1C(O)[C@H](O)[C@@H](CO)O[C@H]1O[C@H]1C(O)[C@@H](NC(C)=O)[C@H](O[C@H]2C(O)[C@H](NC(C)=O)[C@H](O[C@H]3C(O)[C@@H](NC(C)=O)[C@H](O)O[C@@H]3COS(=O)(=O)[O-])O[C@@H]2CO)O[C@@H]1CO. The summed E-state index contributed by atoms with van der Waals surface area (Å²) in [5, 5.41) is 106. The van der Waals surface area contributed by atoms with Gasteiger partial charge in [0.05, 0.1) is 32.5 Å². The number of rotatable bonds is 16. The van der Waals surface area contributed by atoms with Crippen LogP contribution in [0.5, 0.6) is 0 Å². The van der Waals surface area contributed by atoms with Crippen LogP contribution in [0.1, 0.15) is 20.8 Å². The molecule has 0 aromatic heterocycles. The molecule has 342 valence electrons. The highest BCUT2D eigenvalue weighted by Gasteiger charge is 2.56. The minimum absolute atomic E-state index is 0.744. The maximum atomic E-state index is 12.4. The molecule has 0 aromatic rings. The van der Waals surface area contributed by atoms with E-state index in [1.54, 1.807) is 0 Å². The Morgan fingerprint density at radius 3 is 1.32 bits per heavy atom. The van der Waals surface area contributed by atoms with Gasteiger partial charge in [0.2, 0.25) is 28.1 Å². The predicted molar refractivity (Wildman–Crippen MR) is 184 cm³/mol. The molecule has 0 saturated carbocycles. The van der Waals surface area contributed by atoms with Crippen molar-refractivity contribution < 1.29 is 111 Å². The van der Waals surface area contributed by atoms with E-state index in [-0.39, 0.29) is 0 Å². The van der Waals surface area contributed by atoms with E-state index in [1.165, 1.54) is 7.05 Å². The van der Waals surface area contributed by atoms with Gasteiger partial charge in [-0.2, -0.15) is 0 Å². The van der Waals surface area contributed by atoms with Gasteiger partial charge in [0.15, 0.2) is 25.2 Å². The number of hydrogen-bond donors (Lipinski definition) is 13. The van der Waals surface area contributed by atoms with Gasteiger partial charge in [-0.1, -0.05) is 0 Å². The zero-order valence-corrected chi connectivity index (χ0v) is 32.8. The number of ether oxygens (including phenoxy) is 7. The second-order valence-corrected chi connectivity index (χ2v) is 15.2. The standard InChI is InChI=1S/C31H54N4O23S/c1-9(39)33-16-22(44)27(15(52-28(16)47)8-51-59(48,49)50)58-31-19(35-11(3)41)24(46)26(14(7-38)55-31)57-30-18(34-10(2)40)23(45)25(13(6-37)54-30)56-29-17(32-4)21(43)20(42)12(5-36)53-29/h12-32,36-38,42-47H,5-8H2,1-4H3,(H,33,39)(H,34,40)(H,35,41)(H,48,49,50)/p-1/t12-,13-,14-,15-,16-,17+,18-,19+,20-,21?,22?,23?,24?,25-,26-,27-,28-,29+,30+,31+/m1/s1. The molecule has 28 heteroatoms. The molecule has 4 unspecified atom stereocenters. The third-order valence-corrected chi connectivity index (χ3v) is 10.4. The lowest BCUT2D eigenvalue weighted by Gasteiger charge is -2.51. The highest BCUT2D eigenvalue weighted by atomic mass is 32.3. The molecule has 3 amide bonds. The Bertz CT molecular complexity index is 1520. The summed E-state index contributed by atoms with van der Waals surface area (Å²) < 4.78 is 78.5. The summed E-state index contributed by atoms with van der Waals surface area (Å²) in [5.41, 5.74) is 0. The van der Waals surface area contributed by atoms with E-state index < -0.39 is 177 Å². The van der Waals surface area contributed by atoms with Crippen LogP contribution in [-0.2, 0) is 62.1 Å². The van der Waals surface area contributed by atoms with Gasteiger partial charge in [-0.3, -0.25) is 18.6 Å². The van der Waals surface area contributed by atoms with Crippen molar-refractivity contribution in [3.8, 4) is 0 Å². The first kappa shape index (κ1) is 49.3. The Morgan fingerprint density at radius 2 is 0.932 bits per heavy atom. The van der Waals surface area contributed by atoms with E-state index in [2.05, 4.69) is 25.5 Å². The van der Waals surface area contributed by atoms with Crippen LogP contribution < -0.4 is 21.3 Å². The average molecular weight is 882 g/mol. The minimum atomic E-state index is -5.37. The average Bonchev–Trinajstić information content (AvgIpc) is 3.15. The zero-order chi connectivity index (χ0) is 44.1. The topological polar surface area (TPSA) is 412 Å². The molecule has 4 aliphatic heterocycles. The van der Waals surface area contributed by atoms with Crippen molar-refractivity contribution in [2.75, 3.05) is 33.5 Å². The Kier molecular flexibility index (Phi) is 17.6. The highest BCUT2D eigenvalue weighted by molar-refractivity contribution is 7.80. The van der Waals surface area contributed by atoms with E-state index in [0.717, 1.165) is 20.8 Å². The van der Waals surface area contributed by atoms with Gasteiger partial charge in [0.1, 0.15) is 91.4 Å². The van der Waals surface area contributed by atoms with Crippen molar-refractivity contribution >= 4 is 28.1 Å². The van der Waals surface area contributed by atoms with Gasteiger partial charge in [-0.25, -0.2) is 8.42 Å². The lowest BCUT2D eigenvalue weighted by atomic mass is 9.93. The lowest BCUT2D eigenvalue weighted by molar-refractivity contribution is -0.361. The highest BCUT2D eigenvalue weighted by Crippen LogP contribution is 2.34. The summed E-state index contributed by atoms with van der Waals surface area (Å²) in [6.45, 7) is -0.664. The smallest absolute Gasteiger partial charge is 0.217 e. The lowest BCUT2D eigenvalue weighted by Crippen LogP contribution is -2.71. The first-order valence-corrected chi connectivity index (χ1v) is 19.6. The third kappa shape index (κ3) is 12.0. The Hall–Kier alpha value is -2.40. The van der Waals surface area contributed by atoms with Crippen molar-refractivity contribution in [1.29, 1.82) is 0 Å². The summed E-state index contributed by atoms with van der Waals surface area (Å²) in [7, 11) is -3.98. The second kappa shape index (κ2) is 21.1. The quantitative estimate of drug-likeness (QED) is 0.0505. The van der Waals surface area contributed by atoms with Gasteiger partial charge >= 0.3 is 0 Å². The number of nitrogens with one attached hydrogen (secondary N) is 4. The first-order valence-electron chi connectivity index (χ1n) is 18.2. The van der Waals surface area contributed by atoms with E-state index in [0.29, 0.717) is 0 Å². The van der Waals surface area contributed by atoms with Crippen LogP contribution in [0, 0.1) is 0 Å². The summed E-state index contributed by atoms with van der Waals surface area (Å²) in [6.07, 6.45) is -27.6. The third-order valence-electron chi connectivity index (χ3n) is 9.97. The fourth-order valence-corrected chi connectivity index (χ4v) is 7.53. The molecule has 27 nitrogen and oxygen atoms in total. The van der Waals surface area contributed by atoms with Gasteiger partial charge in [-0.05, 0) is 7.05 Å². The number of aliphatic hydroxyl groups is 9. The fourth-order valence-electron chi connectivity index (χ4n) is 7.23. The van der Waals surface area contributed by atoms with Crippen LogP contribution in [0.3, 0.4) is 0 Å². The van der Waals surface area contributed by atoms with Gasteiger partial charge in [0, 0.05) is 20.8 Å². The van der Waals surface area contributed by atoms with E-state index in [1.807, 2.05) is 0 Å². The normalized spacial score (nSPS) is 43.1. The molecule has 0 bridgehead atoms. The molecule has 4 aliphatic rings. The summed E-state index contributed by atoms with van der Waals surface area (Å²) in [6, 6.07) is -6.11. The van der Waals surface area contributed by atoms with Crippen LogP contribution in [0.4, 0.5) is 0 Å². The molecule has 4 saturated heterocycles. The largest absolute Gasteiger partial charge is 0.726 e. The number of aliphatic hydroxyl groups excluding tert-OH is 9. The Balaban J connectivity index is 1.62. The monoisotopic (exact) mass is 881 g/mol. The minimum Gasteiger partial charge on any atom is -0.726 e. The van der Waals surface area contributed by atoms with Crippen molar-refractivity contribution in [2.24, 2.45) is 0 Å². The predicted octanol–water partition coefficient (Wildman–Crippen LogP) is -9.61. The van der Waals surface area contributed by atoms with Crippen LogP contribution in [-0.4, -0.2) is 233 Å². The van der Waals surface area contributed by atoms with E-state index in [4.69, 9.17) is 33.2 Å². The summed E-state index contributed by atoms with van der Waals surface area (Å²) >= 11 is 0. The molecule has 59 heavy (non-hydrogen) atoms. The number of likely N-dealkylation sites (N-methyl/N-ethyl adjacent to an activating group) is 1. The summed E-state index contributed by atoms with van der Waals surface area (Å²) in [5.74, 6) is -2.33. The molecule has 4 fully saturated rings. The van der Waals surface area contributed by atoms with Gasteiger partial charge < -0.3 is 105 Å². The molecule has 20 atom stereocenters. The first-order chi connectivity index (χ1) is 27.6. The molecule has 4 heterocycles. The van der Waals surface area contributed by atoms with Crippen molar-refractivity contribution in [2.45, 2.75) is 143 Å². The molecule has 0 aromatic carbocycles. The Labute approximate surface area is 336 Å². The molecule has 0 spiro atoms. The van der Waals surface area contributed by atoms with Gasteiger partial charge in [-0.15, -0.1) is 0 Å². The maximum Gasteiger partial charge on any atom is 0.217 e. The zero-order valence-electron chi connectivity index (χ0n) is 32.0. The van der Waals surface area contributed by atoms with Crippen molar-refractivity contribution in [3.63, 3.8) is 0 Å². The summed E-state index contributed by atoms with van der Waals surface area (Å²) in [4.78, 5) is 36.6. The molecule has 0 aliphatic carbocycles. The van der Waals surface area contributed by atoms with E-state index in [9.17, 15) is 73.3 Å². The molecular weight excluding hydrogens is 828 g/mol. The van der Waals surface area contributed by atoms with Crippen LogP contribution in [0.25, 0.3) is 0 Å². The maximum absolute atomic E-state index is 12.4. The van der Waals surface area contributed by atoms with Crippen LogP contribution in [0.2, 0.25) is 0 Å². The molecule has 13 N–H and O–H groups in total. The molecule has 0 radical (unpaired) electrons. The number of carbonyl (C=O) groups excluding carboxylic acids is 3. The molecular formula is C31H53N4O23S-. The van der Waals surface area contributed by atoms with E-state index >= 15 is 0 Å². The van der Waals surface area contributed by atoms with Crippen LogP contribution >= 0.6 is 0 Å².